The maximum atomic E-state index is 11.1. The van der Waals surface area contributed by atoms with E-state index >= 15 is 0 Å². The standard InChI is InChI=1S/C9H10O3/c1-3-4-11-9-6-12-7(2)5-8(9)10/h3,5-6H,1,4H2,2H3. The molecule has 1 aromatic rings. The van der Waals surface area contributed by atoms with Crippen LogP contribution in [0.3, 0.4) is 0 Å². The molecule has 0 amide bonds. The Morgan fingerprint density at radius 1 is 1.75 bits per heavy atom. The van der Waals surface area contributed by atoms with Gasteiger partial charge in [0.25, 0.3) is 0 Å². The van der Waals surface area contributed by atoms with Crippen LogP contribution in [0.1, 0.15) is 5.76 Å². The third-order valence-corrected chi connectivity index (χ3v) is 1.29. The van der Waals surface area contributed by atoms with Gasteiger partial charge in [0.05, 0.1) is 0 Å². The predicted octanol–water partition coefficient (Wildman–Crippen LogP) is 1.51. The van der Waals surface area contributed by atoms with Crippen molar-refractivity contribution in [1.82, 2.24) is 0 Å². The molecule has 0 fully saturated rings. The Hall–Kier alpha value is -1.51. The molecule has 0 radical (unpaired) electrons. The van der Waals surface area contributed by atoms with Crippen LogP contribution in [0.2, 0.25) is 0 Å². The molecule has 0 atom stereocenters. The molecular weight excluding hydrogens is 156 g/mol. The van der Waals surface area contributed by atoms with E-state index in [0.717, 1.165) is 0 Å². The quantitative estimate of drug-likeness (QED) is 0.639. The van der Waals surface area contributed by atoms with Crippen molar-refractivity contribution in [2.24, 2.45) is 0 Å². The van der Waals surface area contributed by atoms with Crippen LogP contribution in [0.15, 0.2) is 34.2 Å². The Bertz CT molecular complexity index is 325. The summed E-state index contributed by atoms with van der Waals surface area (Å²) in [5.41, 5.74) is -0.166. The van der Waals surface area contributed by atoms with Crippen LogP contribution in [0.5, 0.6) is 5.75 Å². The maximum absolute atomic E-state index is 11.1. The van der Waals surface area contributed by atoms with E-state index in [1.165, 1.54) is 12.3 Å². The largest absolute Gasteiger partial charge is 0.482 e. The van der Waals surface area contributed by atoms with E-state index in [9.17, 15) is 4.79 Å². The van der Waals surface area contributed by atoms with Crippen molar-refractivity contribution in [2.75, 3.05) is 6.61 Å². The number of ether oxygens (including phenoxy) is 1. The minimum absolute atomic E-state index is 0.166. The number of aryl methyl sites for hydroxylation is 1. The van der Waals surface area contributed by atoms with Crippen LogP contribution in [0.25, 0.3) is 0 Å². The van der Waals surface area contributed by atoms with Crippen molar-refractivity contribution in [1.29, 1.82) is 0 Å². The van der Waals surface area contributed by atoms with E-state index in [-0.39, 0.29) is 11.2 Å². The minimum Gasteiger partial charge on any atom is -0.482 e. The maximum Gasteiger partial charge on any atom is 0.226 e. The summed E-state index contributed by atoms with van der Waals surface area (Å²) in [5, 5.41) is 0. The van der Waals surface area contributed by atoms with Gasteiger partial charge in [-0.3, -0.25) is 4.79 Å². The molecule has 0 saturated heterocycles. The van der Waals surface area contributed by atoms with Gasteiger partial charge in [-0.1, -0.05) is 12.7 Å². The summed E-state index contributed by atoms with van der Waals surface area (Å²) in [7, 11) is 0. The van der Waals surface area contributed by atoms with Crippen LogP contribution in [0.4, 0.5) is 0 Å². The molecule has 0 saturated carbocycles. The summed E-state index contributed by atoms with van der Waals surface area (Å²) in [6.07, 6.45) is 2.88. The summed E-state index contributed by atoms with van der Waals surface area (Å²) < 4.78 is 9.99. The molecule has 0 bridgehead atoms. The topological polar surface area (TPSA) is 39.4 Å². The summed E-state index contributed by atoms with van der Waals surface area (Å²) in [6.45, 7) is 5.49. The Balaban J connectivity index is 2.86. The number of hydrogen-bond acceptors (Lipinski definition) is 3. The summed E-state index contributed by atoms with van der Waals surface area (Å²) in [6, 6.07) is 1.39. The lowest BCUT2D eigenvalue weighted by atomic mass is 10.4. The molecule has 1 heterocycles. The predicted molar refractivity (Wildman–Crippen MR) is 45.4 cm³/mol. The van der Waals surface area contributed by atoms with Gasteiger partial charge in [0.2, 0.25) is 11.2 Å². The molecule has 0 N–H and O–H groups in total. The van der Waals surface area contributed by atoms with Gasteiger partial charge in [0.15, 0.2) is 0 Å². The zero-order valence-corrected chi connectivity index (χ0v) is 6.87. The van der Waals surface area contributed by atoms with Crippen molar-refractivity contribution >= 4 is 0 Å². The SMILES string of the molecule is C=CCOc1coc(C)cc1=O. The highest BCUT2D eigenvalue weighted by molar-refractivity contribution is 5.17. The third kappa shape index (κ3) is 1.99. The number of hydrogen-bond donors (Lipinski definition) is 0. The Labute approximate surface area is 70.3 Å². The van der Waals surface area contributed by atoms with E-state index < -0.39 is 0 Å². The fourth-order valence-electron chi connectivity index (χ4n) is 0.748. The van der Waals surface area contributed by atoms with Gasteiger partial charge in [-0.15, -0.1) is 0 Å². The van der Waals surface area contributed by atoms with E-state index in [0.29, 0.717) is 12.4 Å². The first kappa shape index (κ1) is 8.59. The molecule has 1 aromatic heterocycles. The Morgan fingerprint density at radius 2 is 2.50 bits per heavy atom. The summed E-state index contributed by atoms with van der Waals surface area (Å²) in [5.74, 6) is 0.798. The molecule has 3 nitrogen and oxygen atoms in total. The monoisotopic (exact) mass is 166 g/mol. The van der Waals surface area contributed by atoms with Crippen molar-refractivity contribution in [3.8, 4) is 5.75 Å². The van der Waals surface area contributed by atoms with Crippen molar-refractivity contribution in [3.63, 3.8) is 0 Å². The van der Waals surface area contributed by atoms with Crippen molar-refractivity contribution < 1.29 is 9.15 Å². The second-order valence-electron chi connectivity index (χ2n) is 2.32. The summed E-state index contributed by atoms with van der Waals surface area (Å²) >= 11 is 0. The lowest BCUT2D eigenvalue weighted by Gasteiger charge is -2.00. The van der Waals surface area contributed by atoms with Crippen molar-refractivity contribution in [3.05, 3.63) is 41.0 Å². The Kier molecular flexibility index (Phi) is 2.69. The Morgan fingerprint density at radius 3 is 3.08 bits per heavy atom. The highest BCUT2D eigenvalue weighted by atomic mass is 16.5. The highest BCUT2D eigenvalue weighted by Gasteiger charge is 1.99. The van der Waals surface area contributed by atoms with Crippen LogP contribution < -0.4 is 10.2 Å². The zero-order chi connectivity index (χ0) is 8.97. The fourth-order valence-corrected chi connectivity index (χ4v) is 0.748. The van der Waals surface area contributed by atoms with E-state index in [2.05, 4.69) is 6.58 Å². The smallest absolute Gasteiger partial charge is 0.226 e. The highest BCUT2D eigenvalue weighted by Crippen LogP contribution is 2.04. The van der Waals surface area contributed by atoms with Crippen LogP contribution >= 0.6 is 0 Å². The second-order valence-corrected chi connectivity index (χ2v) is 2.32. The molecule has 1 rings (SSSR count). The molecule has 0 spiro atoms. The lowest BCUT2D eigenvalue weighted by molar-refractivity contribution is 0.340. The fraction of sp³-hybridized carbons (Fsp3) is 0.222. The third-order valence-electron chi connectivity index (χ3n) is 1.29. The molecule has 0 unspecified atom stereocenters. The molecule has 64 valence electrons. The molecule has 0 aliphatic carbocycles. The molecule has 12 heavy (non-hydrogen) atoms. The first-order valence-corrected chi connectivity index (χ1v) is 3.57. The van der Waals surface area contributed by atoms with Crippen LogP contribution in [-0.4, -0.2) is 6.61 Å². The van der Waals surface area contributed by atoms with Gasteiger partial charge >= 0.3 is 0 Å². The second kappa shape index (κ2) is 3.76. The lowest BCUT2D eigenvalue weighted by Crippen LogP contribution is -2.06. The number of rotatable bonds is 3. The van der Waals surface area contributed by atoms with Crippen molar-refractivity contribution in [2.45, 2.75) is 6.92 Å². The molecular formula is C9H10O3. The first-order valence-electron chi connectivity index (χ1n) is 3.57. The average Bonchev–Trinajstić information content (AvgIpc) is 2.03. The zero-order valence-electron chi connectivity index (χ0n) is 6.87. The molecule has 0 aliphatic rings. The van der Waals surface area contributed by atoms with Gasteiger partial charge in [0, 0.05) is 6.07 Å². The van der Waals surface area contributed by atoms with Gasteiger partial charge < -0.3 is 9.15 Å². The van der Waals surface area contributed by atoms with Gasteiger partial charge in [-0.25, -0.2) is 0 Å². The normalized spacial score (nSPS) is 9.42. The van der Waals surface area contributed by atoms with Gasteiger partial charge in [-0.05, 0) is 6.92 Å². The van der Waals surface area contributed by atoms with Gasteiger partial charge in [-0.2, -0.15) is 0 Å². The molecule has 0 aliphatic heterocycles. The van der Waals surface area contributed by atoms with E-state index in [1.54, 1.807) is 13.0 Å². The molecule has 3 heteroatoms. The minimum atomic E-state index is -0.166. The molecule has 0 aromatic carbocycles. The first-order chi connectivity index (χ1) is 5.74. The van der Waals surface area contributed by atoms with E-state index in [4.69, 9.17) is 9.15 Å². The van der Waals surface area contributed by atoms with Crippen LogP contribution in [0, 0.1) is 6.92 Å². The average molecular weight is 166 g/mol. The van der Waals surface area contributed by atoms with E-state index in [1.807, 2.05) is 0 Å². The van der Waals surface area contributed by atoms with Crippen LogP contribution in [-0.2, 0) is 0 Å². The van der Waals surface area contributed by atoms with Gasteiger partial charge in [0.1, 0.15) is 18.6 Å². The summed E-state index contributed by atoms with van der Waals surface area (Å²) in [4.78, 5) is 11.1.